The summed E-state index contributed by atoms with van der Waals surface area (Å²) in [5.41, 5.74) is 2.45. The maximum absolute atomic E-state index is 12.4. The molecule has 0 fully saturated rings. The van der Waals surface area contributed by atoms with E-state index in [0.29, 0.717) is 41.2 Å². The van der Waals surface area contributed by atoms with Crippen molar-refractivity contribution in [2.45, 2.75) is 19.8 Å². The van der Waals surface area contributed by atoms with Crippen molar-refractivity contribution in [3.05, 3.63) is 46.5 Å². The molecule has 1 N–H and O–H groups in total. The maximum Gasteiger partial charge on any atom is 0.228 e. The molecule has 0 saturated carbocycles. The molecule has 132 valence electrons. The Morgan fingerprint density at radius 3 is 2.84 bits per heavy atom. The highest BCUT2D eigenvalue weighted by atomic mass is 35.5. The SMILES string of the molecule is COc1ccc(C)cc1NC(=O)Cc1cc(Cl)c2c(c1)OCCCO2. The Bertz CT molecular complexity index is 791. The molecule has 1 aliphatic heterocycles. The van der Waals surface area contributed by atoms with E-state index in [1.54, 1.807) is 19.2 Å². The van der Waals surface area contributed by atoms with Gasteiger partial charge in [0.25, 0.3) is 0 Å². The van der Waals surface area contributed by atoms with E-state index < -0.39 is 0 Å². The number of carbonyl (C=O) groups is 1. The van der Waals surface area contributed by atoms with Gasteiger partial charge in [-0.2, -0.15) is 0 Å². The van der Waals surface area contributed by atoms with Crippen molar-refractivity contribution in [1.29, 1.82) is 0 Å². The summed E-state index contributed by atoms with van der Waals surface area (Å²) in [7, 11) is 1.57. The number of carbonyl (C=O) groups excluding carboxylic acids is 1. The lowest BCUT2D eigenvalue weighted by molar-refractivity contribution is -0.115. The van der Waals surface area contributed by atoms with Crippen molar-refractivity contribution in [3.63, 3.8) is 0 Å². The first-order valence-electron chi connectivity index (χ1n) is 8.09. The number of nitrogens with one attached hydrogen (secondary N) is 1. The zero-order chi connectivity index (χ0) is 17.8. The van der Waals surface area contributed by atoms with Gasteiger partial charge in [0.15, 0.2) is 11.5 Å². The summed E-state index contributed by atoms with van der Waals surface area (Å²) >= 11 is 6.28. The lowest BCUT2D eigenvalue weighted by Crippen LogP contribution is -2.15. The van der Waals surface area contributed by atoms with Crippen LogP contribution >= 0.6 is 11.6 Å². The lowest BCUT2D eigenvalue weighted by atomic mass is 10.1. The van der Waals surface area contributed by atoms with E-state index in [1.807, 2.05) is 25.1 Å². The van der Waals surface area contributed by atoms with Crippen LogP contribution in [0.2, 0.25) is 5.02 Å². The van der Waals surface area contributed by atoms with E-state index in [0.717, 1.165) is 17.5 Å². The number of methoxy groups -OCH3 is 1. The molecule has 0 spiro atoms. The second-order valence-electron chi connectivity index (χ2n) is 5.88. The Morgan fingerprint density at radius 1 is 1.24 bits per heavy atom. The molecule has 0 radical (unpaired) electrons. The van der Waals surface area contributed by atoms with E-state index in [1.165, 1.54) is 0 Å². The van der Waals surface area contributed by atoms with Crippen molar-refractivity contribution in [1.82, 2.24) is 0 Å². The summed E-state index contributed by atoms with van der Waals surface area (Å²) < 4.78 is 16.6. The van der Waals surface area contributed by atoms with E-state index in [9.17, 15) is 4.79 Å². The summed E-state index contributed by atoms with van der Waals surface area (Å²) in [6.45, 7) is 3.10. The second kappa shape index (κ2) is 7.66. The van der Waals surface area contributed by atoms with E-state index >= 15 is 0 Å². The Morgan fingerprint density at radius 2 is 2.04 bits per heavy atom. The normalized spacial score (nSPS) is 13.1. The summed E-state index contributed by atoms with van der Waals surface area (Å²) in [6, 6.07) is 9.17. The van der Waals surface area contributed by atoms with Crippen molar-refractivity contribution in [2.75, 3.05) is 25.6 Å². The van der Waals surface area contributed by atoms with Gasteiger partial charge in [-0.05, 0) is 42.3 Å². The van der Waals surface area contributed by atoms with Crippen LogP contribution in [0.25, 0.3) is 0 Å². The number of ether oxygens (including phenoxy) is 3. The summed E-state index contributed by atoms with van der Waals surface area (Å²) in [4.78, 5) is 12.4. The molecule has 0 unspecified atom stereocenters. The third-order valence-corrected chi connectivity index (χ3v) is 4.14. The van der Waals surface area contributed by atoms with Crippen molar-refractivity contribution < 1.29 is 19.0 Å². The third kappa shape index (κ3) is 4.17. The largest absolute Gasteiger partial charge is 0.495 e. The van der Waals surface area contributed by atoms with E-state index in [-0.39, 0.29) is 12.3 Å². The van der Waals surface area contributed by atoms with E-state index in [2.05, 4.69) is 5.32 Å². The van der Waals surface area contributed by atoms with Crippen LogP contribution in [0.5, 0.6) is 17.2 Å². The van der Waals surface area contributed by atoms with Crippen LogP contribution in [0.1, 0.15) is 17.5 Å². The van der Waals surface area contributed by atoms with Crippen LogP contribution in [-0.4, -0.2) is 26.2 Å². The molecule has 1 aliphatic rings. The molecule has 0 saturated heterocycles. The molecule has 0 bridgehead atoms. The first-order chi connectivity index (χ1) is 12.1. The number of halogens is 1. The fourth-order valence-electron chi connectivity index (χ4n) is 2.69. The molecule has 0 atom stereocenters. The molecule has 25 heavy (non-hydrogen) atoms. The lowest BCUT2D eigenvalue weighted by Gasteiger charge is -2.13. The number of fused-ring (bicyclic) bond motifs is 1. The number of aryl methyl sites for hydroxylation is 1. The number of hydrogen-bond donors (Lipinski definition) is 1. The average Bonchev–Trinajstić information content (AvgIpc) is 2.81. The maximum atomic E-state index is 12.4. The molecule has 5 nitrogen and oxygen atoms in total. The standard InChI is InChI=1S/C19H20ClNO4/c1-12-4-5-16(23-2)15(8-12)21-18(22)11-13-9-14(20)19-17(10-13)24-6-3-7-25-19/h4-5,8-10H,3,6-7,11H2,1-2H3,(H,21,22). The van der Waals surface area contributed by atoms with Crippen LogP contribution < -0.4 is 19.5 Å². The zero-order valence-corrected chi connectivity index (χ0v) is 15.0. The quantitative estimate of drug-likeness (QED) is 0.894. The summed E-state index contributed by atoms with van der Waals surface area (Å²) in [5, 5.41) is 3.34. The number of hydrogen-bond acceptors (Lipinski definition) is 4. The van der Waals surface area contributed by atoms with Crippen LogP contribution in [0, 0.1) is 6.92 Å². The molecular weight excluding hydrogens is 342 g/mol. The summed E-state index contributed by atoms with van der Waals surface area (Å²) in [5.74, 6) is 1.59. The van der Waals surface area contributed by atoms with Crippen molar-refractivity contribution in [2.24, 2.45) is 0 Å². The predicted octanol–water partition coefficient (Wildman–Crippen LogP) is 4.00. The number of amides is 1. The van der Waals surface area contributed by atoms with Gasteiger partial charge >= 0.3 is 0 Å². The van der Waals surface area contributed by atoms with Gasteiger partial charge in [0.2, 0.25) is 5.91 Å². The van der Waals surface area contributed by atoms with Gasteiger partial charge in [-0.15, -0.1) is 0 Å². The first-order valence-corrected chi connectivity index (χ1v) is 8.47. The van der Waals surface area contributed by atoms with Crippen LogP contribution in [0.4, 0.5) is 5.69 Å². The molecular formula is C19H20ClNO4. The molecule has 0 aliphatic carbocycles. The average molecular weight is 362 g/mol. The molecule has 0 aromatic heterocycles. The Hall–Kier alpha value is -2.40. The highest BCUT2D eigenvalue weighted by Crippen LogP contribution is 2.38. The smallest absolute Gasteiger partial charge is 0.228 e. The van der Waals surface area contributed by atoms with Crippen molar-refractivity contribution in [3.8, 4) is 17.2 Å². The molecule has 2 aromatic rings. The zero-order valence-electron chi connectivity index (χ0n) is 14.2. The van der Waals surface area contributed by atoms with Gasteiger partial charge in [0.1, 0.15) is 5.75 Å². The van der Waals surface area contributed by atoms with Crippen LogP contribution in [0.3, 0.4) is 0 Å². The second-order valence-corrected chi connectivity index (χ2v) is 6.29. The van der Waals surface area contributed by atoms with Gasteiger partial charge in [-0.1, -0.05) is 17.7 Å². The monoisotopic (exact) mass is 361 g/mol. The minimum absolute atomic E-state index is 0.158. The number of anilines is 1. The third-order valence-electron chi connectivity index (χ3n) is 3.86. The number of benzene rings is 2. The minimum atomic E-state index is -0.158. The van der Waals surface area contributed by atoms with Crippen LogP contribution in [0.15, 0.2) is 30.3 Å². The minimum Gasteiger partial charge on any atom is -0.495 e. The van der Waals surface area contributed by atoms with Gasteiger partial charge in [-0.3, -0.25) is 4.79 Å². The molecule has 1 heterocycles. The van der Waals surface area contributed by atoms with Crippen LogP contribution in [-0.2, 0) is 11.2 Å². The summed E-state index contributed by atoms with van der Waals surface area (Å²) in [6.07, 6.45) is 0.974. The van der Waals surface area contributed by atoms with Crippen molar-refractivity contribution >= 4 is 23.2 Å². The highest BCUT2D eigenvalue weighted by Gasteiger charge is 2.17. The van der Waals surface area contributed by atoms with Gasteiger partial charge < -0.3 is 19.5 Å². The van der Waals surface area contributed by atoms with E-state index in [4.69, 9.17) is 25.8 Å². The fraction of sp³-hybridized carbons (Fsp3) is 0.316. The Balaban J connectivity index is 1.76. The fourth-order valence-corrected chi connectivity index (χ4v) is 2.97. The van der Waals surface area contributed by atoms with Gasteiger partial charge in [-0.25, -0.2) is 0 Å². The Kier molecular flexibility index (Phi) is 5.34. The topological polar surface area (TPSA) is 56.8 Å². The predicted molar refractivity (Wildman–Crippen MR) is 97.1 cm³/mol. The molecule has 2 aromatic carbocycles. The molecule has 1 amide bonds. The highest BCUT2D eigenvalue weighted by molar-refractivity contribution is 6.32. The first kappa shape index (κ1) is 17.4. The molecule has 6 heteroatoms. The Labute approximate surface area is 151 Å². The molecule has 3 rings (SSSR count). The van der Waals surface area contributed by atoms with Gasteiger partial charge in [0.05, 0.1) is 37.5 Å². The van der Waals surface area contributed by atoms with Gasteiger partial charge in [0, 0.05) is 6.42 Å². The number of rotatable bonds is 4.